The van der Waals surface area contributed by atoms with E-state index in [0.29, 0.717) is 0 Å². The lowest BCUT2D eigenvalue weighted by atomic mass is 10.2. The highest BCUT2D eigenvalue weighted by Gasteiger charge is 2.20. The third-order valence-corrected chi connectivity index (χ3v) is 1.50. The van der Waals surface area contributed by atoms with Crippen molar-refractivity contribution in [1.29, 1.82) is 0 Å². The molecule has 0 spiro atoms. The topological polar surface area (TPSA) is 41.1 Å². The van der Waals surface area contributed by atoms with Crippen molar-refractivity contribution in [2.45, 2.75) is 26.3 Å². The minimum Gasteiger partial charge on any atom is -0.330 e. The van der Waals surface area contributed by atoms with Gasteiger partial charge < -0.3 is 10.6 Å². The number of allylic oxidation sites excluding steroid dienone is 1. The molecule has 0 bridgehead atoms. The van der Waals surface area contributed by atoms with E-state index in [-0.39, 0.29) is 12.1 Å². The molecule has 0 radical (unpaired) electrons. The van der Waals surface area contributed by atoms with Crippen LogP contribution in [-0.4, -0.2) is 12.1 Å². The SMILES string of the molecule is CC/C=C1/NC(=O)NC1C. The Balaban J connectivity index is 2.63. The summed E-state index contributed by atoms with van der Waals surface area (Å²) < 4.78 is 0. The standard InChI is InChI=1S/C7H12N2O/c1-3-4-6-5(2)8-7(10)9-6/h4-5H,3H2,1-2H3,(H2,8,9,10)/b6-4+. The molecule has 1 rings (SSSR count). The van der Waals surface area contributed by atoms with Crippen LogP contribution in [0.25, 0.3) is 0 Å². The van der Waals surface area contributed by atoms with Gasteiger partial charge in [-0.25, -0.2) is 4.79 Å². The van der Waals surface area contributed by atoms with Gasteiger partial charge in [-0.15, -0.1) is 0 Å². The lowest BCUT2D eigenvalue weighted by molar-refractivity contribution is 0.248. The van der Waals surface area contributed by atoms with Crippen molar-refractivity contribution in [2.24, 2.45) is 0 Å². The van der Waals surface area contributed by atoms with E-state index in [1.165, 1.54) is 0 Å². The average molecular weight is 140 g/mol. The van der Waals surface area contributed by atoms with Crippen molar-refractivity contribution in [1.82, 2.24) is 10.6 Å². The quantitative estimate of drug-likeness (QED) is 0.560. The van der Waals surface area contributed by atoms with Gasteiger partial charge in [0.05, 0.1) is 6.04 Å². The lowest BCUT2D eigenvalue weighted by Gasteiger charge is -2.00. The second-order valence-corrected chi connectivity index (χ2v) is 2.39. The van der Waals surface area contributed by atoms with E-state index >= 15 is 0 Å². The van der Waals surface area contributed by atoms with Crippen LogP contribution in [0.5, 0.6) is 0 Å². The van der Waals surface area contributed by atoms with Crippen LogP contribution in [0.3, 0.4) is 0 Å². The Kier molecular flexibility index (Phi) is 1.94. The maximum absolute atomic E-state index is 10.7. The van der Waals surface area contributed by atoms with Crippen LogP contribution < -0.4 is 10.6 Å². The zero-order chi connectivity index (χ0) is 7.56. The van der Waals surface area contributed by atoms with Crippen LogP contribution in [0.1, 0.15) is 20.3 Å². The predicted molar refractivity (Wildman–Crippen MR) is 39.5 cm³/mol. The summed E-state index contributed by atoms with van der Waals surface area (Å²) in [6.45, 7) is 4.00. The van der Waals surface area contributed by atoms with Crippen LogP contribution in [0, 0.1) is 0 Å². The summed E-state index contributed by atoms with van der Waals surface area (Å²) in [5, 5.41) is 5.45. The Hall–Kier alpha value is -0.990. The molecule has 0 aliphatic carbocycles. The smallest absolute Gasteiger partial charge is 0.319 e. The summed E-state index contributed by atoms with van der Waals surface area (Å²) in [6.07, 6.45) is 2.98. The maximum Gasteiger partial charge on any atom is 0.319 e. The molecule has 1 heterocycles. The van der Waals surface area contributed by atoms with Gasteiger partial charge in [-0.2, -0.15) is 0 Å². The van der Waals surface area contributed by atoms with Crippen LogP contribution in [-0.2, 0) is 0 Å². The number of urea groups is 1. The average Bonchev–Trinajstić information content (AvgIpc) is 2.13. The maximum atomic E-state index is 10.7. The van der Waals surface area contributed by atoms with E-state index < -0.39 is 0 Å². The normalized spacial score (nSPS) is 28.4. The molecule has 3 heteroatoms. The molecule has 0 saturated carbocycles. The second kappa shape index (κ2) is 2.73. The first kappa shape index (κ1) is 7.12. The highest BCUT2D eigenvalue weighted by Crippen LogP contribution is 2.04. The van der Waals surface area contributed by atoms with Crippen molar-refractivity contribution in [3.05, 3.63) is 11.8 Å². The summed E-state index contributed by atoms with van der Waals surface area (Å²) in [7, 11) is 0. The molecule has 0 aromatic rings. The lowest BCUT2D eigenvalue weighted by Crippen LogP contribution is -2.23. The van der Waals surface area contributed by atoms with Gasteiger partial charge in [0, 0.05) is 5.70 Å². The van der Waals surface area contributed by atoms with Gasteiger partial charge in [0.15, 0.2) is 0 Å². The van der Waals surface area contributed by atoms with Crippen molar-refractivity contribution in [2.75, 3.05) is 0 Å². The Morgan fingerprint density at radius 2 is 2.40 bits per heavy atom. The van der Waals surface area contributed by atoms with Crippen molar-refractivity contribution >= 4 is 6.03 Å². The fraction of sp³-hybridized carbons (Fsp3) is 0.571. The first-order valence-electron chi connectivity index (χ1n) is 3.51. The number of carbonyl (C=O) groups excluding carboxylic acids is 1. The van der Waals surface area contributed by atoms with Crippen molar-refractivity contribution in [3.8, 4) is 0 Å². The van der Waals surface area contributed by atoms with Gasteiger partial charge in [0.25, 0.3) is 0 Å². The molecule has 0 aromatic carbocycles. The van der Waals surface area contributed by atoms with Gasteiger partial charge >= 0.3 is 6.03 Å². The highest BCUT2D eigenvalue weighted by molar-refractivity contribution is 5.80. The van der Waals surface area contributed by atoms with Gasteiger partial charge in [-0.1, -0.05) is 13.0 Å². The van der Waals surface area contributed by atoms with Crippen molar-refractivity contribution < 1.29 is 4.79 Å². The van der Waals surface area contributed by atoms with Gasteiger partial charge in [0.2, 0.25) is 0 Å². The number of nitrogens with one attached hydrogen (secondary N) is 2. The molecule has 1 fully saturated rings. The largest absolute Gasteiger partial charge is 0.330 e. The number of rotatable bonds is 1. The first-order chi connectivity index (χ1) is 4.74. The molecule has 10 heavy (non-hydrogen) atoms. The zero-order valence-electron chi connectivity index (χ0n) is 6.27. The summed E-state index contributed by atoms with van der Waals surface area (Å²) in [4.78, 5) is 10.7. The van der Waals surface area contributed by atoms with Crippen LogP contribution in [0.2, 0.25) is 0 Å². The molecule has 1 atom stereocenters. The third kappa shape index (κ3) is 1.29. The molecule has 2 N–H and O–H groups in total. The Labute approximate surface area is 60.5 Å². The number of hydrogen-bond donors (Lipinski definition) is 2. The molecule has 3 nitrogen and oxygen atoms in total. The number of amides is 2. The summed E-state index contributed by atoms with van der Waals surface area (Å²) in [5.41, 5.74) is 0.993. The molecule has 0 aromatic heterocycles. The Bertz CT molecular complexity index is 174. The molecule has 1 unspecified atom stereocenters. The van der Waals surface area contributed by atoms with Crippen molar-refractivity contribution in [3.63, 3.8) is 0 Å². The second-order valence-electron chi connectivity index (χ2n) is 2.39. The molecule has 2 amide bonds. The van der Waals surface area contributed by atoms with E-state index in [4.69, 9.17) is 0 Å². The number of hydrogen-bond acceptors (Lipinski definition) is 1. The fourth-order valence-electron chi connectivity index (χ4n) is 0.998. The highest BCUT2D eigenvalue weighted by atomic mass is 16.2. The van der Waals surface area contributed by atoms with Gasteiger partial charge in [-0.3, -0.25) is 0 Å². The Morgan fingerprint density at radius 1 is 1.70 bits per heavy atom. The third-order valence-electron chi connectivity index (χ3n) is 1.50. The van der Waals surface area contributed by atoms with E-state index in [0.717, 1.165) is 12.1 Å². The predicted octanol–water partition coefficient (Wildman–Crippen LogP) is 0.982. The first-order valence-corrected chi connectivity index (χ1v) is 3.51. The monoisotopic (exact) mass is 140 g/mol. The molecular formula is C7H12N2O. The summed E-state index contributed by atoms with van der Waals surface area (Å²) in [6, 6.07) is 0.0691. The van der Waals surface area contributed by atoms with E-state index in [1.807, 2.05) is 19.9 Å². The minimum atomic E-state index is -0.0906. The minimum absolute atomic E-state index is 0.0906. The van der Waals surface area contributed by atoms with Crippen LogP contribution in [0.4, 0.5) is 4.79 Å². The van der Waals surface area contributed by atoms with Gasteiger partial charge in [0.1, 0.15) is 0 Å². The summed E-state index contributed by atoms with van der Waals surface area (Å²) >= 11 is 0. The molecule has 56 valence electrons. The molecule has 1 aliphatic rings. The van der Waals surface area contributed by atoms with Crippen LogP contribution in [0.15, 0.2) is 11.8 Å². The Morgan fingerprint density at radius 3 is 2.80 bits per heavy atom. The van der Waals surface area contributed by atoms with E-state index in [9.17, 15) is 4.79 Å². The van der Waals surface area contributed by atoms with Gasteiger partial charge in [-0.05, 0) is 13.3 Å². The molecular weight excluding hydrogens is 128 g/mol. The summed E-state index contributed by atoms with van der Waals surface area (Å²) in [5.74, 6) is 0. The number of carbonyl (C=O) groups is 1. The fourth-order valence-corrected chi connectivity index (χ4v) is 0.998. The molecule has 1 aliphatic heterocycles. The zero-order valence-corrected chi connectivity index (χ0v) is 6.27. The molecule has 1 saturated heterocycles. The van der Waals surface area contributed by atoms with Crippen LogP contribution >= 0.6 is 0 Å². The van der Waals surface area contributed by atoms with E-state index in [1.54, 1.807) is 0 Å². The van der Waals surface area contributed by atoms with E-state index in [2.05, 4.69) is 10.6 Å².